The number of carbonyl (C=O) groups excluding carboxylic acids is 1. The maximum absolute atomic E-state index is 11.8. The summed E-state index contributed by atoms with van der Waals surface area (Å²) >= 11 is 0. The first-order valence-electron chi connectivity index (χ1n) is 6.81. The van der Waals surface area contributed by atoms with Crippen molar-refractivity contribution < 1.29 is 4.79 Å². The molecule has 1 rings (SSSR count). The lowest BCUT2D eigenvalue weighted by Gasteiger charge is -2.13. The summed E-state index contributed by atoms with van der Waals surface area (Å²) in [5.41, 5.74) is 6.99. The molecule has 1 amide bonds. The molecule has 0 spiro atoms. The standard InChI is InChI=1S/C15H25N3O/c1-18(2)11-7-6-10-17-15(19)14(16)12-13-8-4-3-5-9-13/h3-5,8-9,14H,6-7,10-12,16H2,1-2H3,(H,17,19). The second kappa shape index (κ2) is 8.67. The van der Waals surface area contributed by atoms with Crippen LogP contribution < -0.4 is 11.1 Å². The van der Waals surface area contributed by atoms with Gasteiger partial charge in [0.25, 0.3) is 0 Å². The molecular weight excluding hydrogens is 238 g/mol. The smallest absolute Gasteiger partial charge is 0.237 e. The van der Waals surface area contributed by atoms with E-state index in [1.165, 1.54) is 0 Å². The first-order valence-corrected chi connectivity index (χ1v) is 6.81. The van der Waals surface area contributed by atoms with Crippen LogP contribution in [0.2, 0.25) is 0 Å². The number of hydrogen-bond donors (Lipinski definition) is 2. The van der Waals surface area contributed by atoms with Crippen LogP contribution in [-0.2, 0) is 11.2 Å². The van der Waals surface area contributed by atoms with Gasteiger partial charge in [-0.05, 0) is 45.5 Å². The van der Waals surface area contributed by atoms with Crippen LogP contribution in [0.4, 0.5) is 0 Å². The number of nitrogens with one attached hydrogen (secondary N) is 1. The molecule has 0 bridgehead atoms. The van der Waals surface area contributed by atoms with Crippen LogP contribution in [-0.4, -0.2) is 44.0 Å². The largest absolute Gasteiger partial charge is 0.355 e. The molecule has 0 aliphatic rings. The Morgan fingerprint density at radius 1 is 1.26 bits per heavy atom. The van der Waals surface area contributed by atoms with Crippen molar-refractivity contribution in [3.63, 3.8) is 0 Å². The van der Waals surface area contributed by atoms with Gasteiger partial charge in [0.2, 0.25) is 5.91 Å². The van der Waals surface area contributed by atoms with Crippen LogP contribution >= 0.6 is 0 Å². The van der Waals surface area contributed by atoms with Gasteiger partial charge in [-0.3, -0.25) is 4.79 Å². The molecule has 0 heterocycles. The summed E-state index contributed by atoms with van der Waals surface area (Å²) < 4.78 is 0. The van der Waals surface area contributed by atoms with Crippen molar-refractivity contribution in [2.24, 2.45) is 5.73 Å². The Morgan fingerprint density at radius 2 is 1.95 bits per heavy atom. The maximum Gasteiger partial charge on any atom is 0.237 e. The predicted molar refractivity (Wildman–Crippen MR) is 78.9 cm³/mol. The summed E-state index contributed by atoms with van der Waals surface area (Å²) in [5, 5.41) is 2.89. The summed E-state index contributed by atoms with van der Waals surface area (Å²) in [5.74, 6) is -0.0614. The van der Waals surface area contributed by atoms with E-state index in [0.29, 0.717) is 13.0 Å². The van der Waals surface area contributed by atoms with Gasteiger partial charge in [-0.25, -0.2) is 0 Å². The Morgan fingerprint density at radius 3 is 2.58 bits per heavy atom. The van der Waals surface area contributed by atoms with E-state index in [2.05, 4.69) is 10.2 Å². The first-order chi connectivity index (χ1) is 9.09. The van der Waals surface area contributed by atoms with Crippen molar-refractivity contribution in [3.05, 3.63) is 35.9 Å². The highest BCUT2D eigenvalue weighted by Gasteiger charge is 2.12. The predicted octanol–water partition coefficient (Wildman–Crippen LogP) is 1.01. The molecule has 0 radical (unpaired) electrons. The van der Waals surface area contributed by atoms with E-state index in [9.17, 15) is 4.79 Å². The number of nitrogens with two attached hydrogens (primary N) is 1. The van der Waals surface area contributed by atoms with Gasteiger partial charge in [-0.1, -0.05) is 30.3 Å². The van der Waals surface area contributed by atoms with Crippen molar-refractivity contribution in [1.29, 1.82) is 0 Å². The second-order valence-corrected chi connectivity index (χ2v) is 5.10. The van der Waals surface area contributed by atoms with E-state index in [4.69, 9.17) is 5.73 Å². The van der Waals surface area contributed by atoms with Gasteiger partial charge in [0.15, 0.2) is 0 Å². The number of rotatable bonds is 8. The Balaban J connectivity index is 2.18. The molecule has 1 aromatic rings. The molecule has 4 nitrogen and oxygen atoms in total. The highest BCUT2D eigenvalue weighted by Crippen LogP contribution is 2.01. The molecule has 3 N–H and O–H groups in total. The van der Waals surface area contributed by atoms with E-state index in [0.717, 1.165) is 24.9 Å². The third-order valence-electron chi connectivity index (χ3n) is 2.97. The Hall–Kier alpha value is -1.39. The fourth-order valence-electron chi connectivity index (χ4n) is 1.86. The van der Waals surface area contributed by atoms with Gasteiger partial charge < -0.3 is 16.0 Å². The summed E-state index contributed by atoms with van der Waals surface area (Å²) in [6, 6.07) is 9.40. The SMILES string of the molecule is CN(C)CCCCNC(=O)C(N)Cc1ccccc1. The van der Waals surface area contributed by atoms with Gasteiger partial charge >= 0.3 is 0 Å². The fourth-order valence-corrected chi connectivity index (χ4v) is 1.86. The summed E-state index contributed by atoms with van der Waals surface area (Å²) in [7, 11) is 4.10. The number of unbranched alkanes of at least 4 members (excludes halogenated alkanes) is 1. The molecule has 19 heavy (non-hydrogen) atoms. The molecule has 1 atom stereocenters. The van der Waals surface area contributed by atoms with Crippen LogP contribution in [0.1, 0.15) is 18.4 Å². The number of amides is 1. The molecule has 0 aliphatic heterocycles. The lowest BCUT2D eigenvalue weighted by atomic mass is 10.1. The molecule has 1 aromatic carbocycles. The van der Waals surface area contributed by atoms with Crippen molar-refractivity contribution in [2.45, 2.75) is 25.3 Å². The fraction of sp³-hybridized carbons (Fsp3) is 0.533. The lowest BCUT2D eigenvalue weighted by molar-refractivity contribution is -0.122. The Kier molecular flexibility index (Phi) is 7.15. The highest BCUT2D eigenvalue weighted by atomic mass is 16.2. The normalized spacial score (nSPS) is 12.4. The molecule has 0 saturated carbocycles. The third kappa shape index (κ3) is 6.94. The molecule has 0 fully saturated rings. The number of nitrogens with zero attached hydrogens (tertiary/aromatic N) is 1. The average Bonchev–Trinajstić information content (AvgIpc) is 2.38. The molecular formula is C15H25N3O. The van der Waals surface area contributed by atoms with Crippen LogP contribution in [0.15, 0.2) is 30.3 Å². The third-order valence-corrected chi connectivity index (χ3v) is 2.97. The Labute approximate surface area is 116 Å². The number of carbonyl (C=O) groups is 1. The summed E-state index contributed by atoms with van der Waals surface area (Å²) in [4.78, 5) is 13.9. The zero-order chi connectivity index (χ0) is 14.1. The van der Waals surface area contributed by atoms with E-state index < -0.39 is 6.04 Å². The van der Waals surface area contributed by atoms with Gasteiger partial charge in [0, 0.05) is 6.54 Å². The van der Waals surface area contributed by atoms with Crippen LogP contribution in [0.25, 0.3) is 0 Å². The van der Waals surface area contributed by atoms with E-state index in [-0.39, 0.29) is 5.91 Å². The number of benzene rings is 1. The Bertz CT molecular complexity index is 365. The quantitative estimate of drug-likeness (QED) is 0.688. The second-order valence-electron chi connectivity index (χ2n) is 5.10. The number of hydrogen-bond acceptors (Lipinski definition) is 3. The van der Waals surface area contributed by atoms with Crippen molar-refractivity contribution in [1.82, 2.24) is 10.2 Å². The maximum atomic E-state index is 11.8. The minimum absolute atomic E-state index is 0.0614. The van der Waals surface area contributed by atoms with E-state index in [1.807, 2.05) is 44.4 Å². The molecule has 1 unspecified atom stereocenters. The summed E-state index contributed by atoms with van der Waals surface area (Å²) in [6.45, 7) is 1.75. The first kappa shape index (κ1) is 15.7. The molecule has 0 aromatic heterocycles. The molecule has 0 aliphatic carbocycles. The minimum Gasteiger partial charge on any atom is -0.355 e. The molecule has 4 heteroatoms. The minimum atomic E-state index is -0.462. The van der Waals surface area contributed by atoms with Crippen molar-refractivity contribution >= 4 is 5.91 Å². The lowest BCUT2D eigenvalue weighted by Crippen LogP contribution is -2.42. The van der Waals surface area contributed by atoms with Gasteiger partial charge in [-0.15, -0.1) is 0 Å². The van der Waals surface area contributed by atoms with Gasteiger partial charge in [-0.2, -0.15) is 0 Å². The van der Waals surface area contributed by atoms with Crippen LogP contribution in [0.3, 0.4) is 0 Å². The van der Waals surface area contributed by atoms with Crippen LogP contribution in [0.5, 0.6) is 0 Å². The topological polar surface area (TPSA) is 58.4 Å². The molecule has 0 saturated heterocycles. The highest BCUT2D eigenvalue weighted by molar-refractivity contribution is 5.81. The van der Waals surface area contributed by atoms with E-state index in [1.54, 1.807) is 0 Å². The van der Waals surface area contributed by atoms with Crippen LogP contribution in [0, 0.1) is 0 Å². The zero-order valence-electron chi connectivity index (χ0n) is 11.9. The zero-order valence-corrected chi connectivity index (χ0v) is 11.9. The van der Waals surface area contributed by atoms with Gasteiger partial charge in [0.05, 0.1) is 6.04 Å². The van der Waals surface area contributed by atoms with Gasteiger partial charge in [0.1, 0.15) is 0 Å². The average molecular weight is 263 g/mol. The van der Waals surface area contributed by atoms with Crippen molar-refractivity contribution in [2.75, 3.05) is 27.2 Å². The monoisotopic (exact) mass is 263 g/mol. The van der Waals surface area contributed by atoms with Crippen molar-refractivity contribution in [3.8, 4) is 0 Å². The molecule has 106 valence electrons. The van der Waals surface area contributed by atoms with E-state index >= 15 is 0 Å². The summed E-state index contributed by atoms with van der Waals surface area (Å²) in [6.07, 6.45) is 2.66.